The van der Waals surface area contributed by atoms with Gasteiger partial charge in [-0.3, -0.25) is 18.6 Å². The minimum Gasteiger partial charge on any atom is -0.480 e. The number of allylic oxidation sites excluding steroid dienone is 17. The lowest BCUT2D eigenvalue weighted by atomic mass is 10.1. The minimum atomic E-state index is -4.79. The van der Waals surface area contributed by atoms with E-state index >= 15 is 0 Å². The third-order valence-electron chi connectivity index (χ3n) is 8.58. The number of rotatable bonds is 39. The summed E-state index contributed by atoms with van der Waals surface area (Å²) >= 11 is 0. The van der Waals surface area contributed by atoms with Gasteiger partial charge in [0.05, 0.1) is 19.6 Å². The van der Waals surface area contributed by atoms with E-state index in [2.05, 4.69) is 104 Å². The Hall–Kier alpha value is -3.86. The van der Waals surface area contributed by atoms with E-state index < -0.39 is 57.6 Å². The highest BCUT2D eigenvalue weighted by atomic mass is 31.2. The second kappa shape index (κ2) is 41.9. The molecule has 0 aromatic rings. The second-order valence-corrected chi connectivity index (χ2v) is 15.6. The first-order valence-electron chi connectivity index (χ1n) is 21.9. The Labute approximate surface area is 361 Å². The number of carboxylic acid groups (broad SMARTS) is 1. The Kier molecular flexibility index (Phi) is 39.2. The Bertz CT molecular complexity index is 1430. The van der Waals surface area contributed by atoms with E-state index in [-0.39, 0.29) is 12.8 Å². The zero-order valence-electron chi connectivity index (χ0n) is 36.5. The van der Waals surface area contributed by atoms with Gasteiger partial charge in [0.25, 0.3) is 0 Å². The standard InChI is InChI=1S/C48H76NO10P/c1-3-5-7-9-11-13-15-17-19-20-21-22-23-24-26-28-30-32-34-36-38-40-47(52)57-41-44(50)42-58-60(55,56)59-43-45(48(53)54)49-46(51)39-37-35-33-31-29-27-25-18-16-14-12-10-8-6-4-2/h5,7,11-14,17-19,21-22,24-26,30,32,36,38,44-45,50H,3-4,6,8-10,15-16,20,23,27-29,31,33-35,37,39-43H2,1-2H3,(H,49,51)(H,53,54)(H,55,56)/b7-5-,13-11-,14-12-,19-17-,22-21-,25-18-,26-24-,32-30-,38-36-. The number of hydrogen-bond donors (Lipinski definition) is 4. The molecule has 0 bridgehead atoms. The molecule has 0 aliphatic carbocycles. The van der Waals surface area contributed by atoms with Gasteiger partial charge in [0.1, 0.15) is 12.7 Å². The smallest absolute Gasteiger partial charge is 0.472 e. The highest BCUT2D eigenvalue weighted by Crippen LogP contribution is 2.43. The molecule has 0 aromatic carbocycles. The van der Waals surface area contributed by atoms with Crippen LogP contribution < -0.4 is 5.32 Å². The van der Waals surface area contributed by atoms with Crippen LogP contribution in [0.5, 0.6) is 0 Å². The van der Waals surface area contributed by atoms with Gasteiger partial charge in [-0.25, -0.2) is 9.36 Å². The molecule has 3 unspecified atom stereocenters. The van der Waals surface area contributed by atoms with Gasteiger partial charge < -0.3 is 25.2 Å². The van der Waals surface area contributed by atoms with E-state index in [1.54, 1.807) is 6.08 Å². The van der Waals surface area contributed by atoms with E-state index in [9.17, 15) is 34.1 Å². The van der Waals surface area contributed by atoms with Crippen molar-refractivity contribution < 1.29 is 47.8 Å². The van der Waals surface area contributed by atoms with Crippen molar-refractivity contribution in [2.24, 2.45) is 0 Å². The molecular formula is C48H76NO10P. The lowest BCUT2D eigenvalue weighted by Gasteiger charge is -2.18. The van der Waals surface area contributed by atoms with Crippen LogP contribution in [0.4, 0.5) is 0 Å². The van der Waals surface area contributed by atoms with Crippen molar-refractivity contribution in [1.29, 1.82) is 0 Å². The maximum atomic E-state index is 12.3. The lowest BCUT2D eigenvalue weighted by Crippen LogP contribution is -2.43. The van der Waals surface area contributed by atoms with Crippen LogP contribution in [0.15, 0.2) is 109 Å². The first-order valence-corrected chi connectivity index (χ1v) is 23.4. The summed E-state index contributed by atoms with van der Waals surface area (Å²) < 4.78 is 26.7. The van der Waals surface area contributed by atoms with E-state index in [1.165, 1.54) is 19.3 Å². The highest BCUT2D eigenvalue weighted by molar-refractivity contribution is 7.47. The van der Waals surface area contributed by atoms with Crippen LogP contribution in [0.1, 0.15) is 142 Å². The molecule has 0 saturated carbocycles. The second-order valence-electron chi connectivity index (χ2n) is 14.2. The van der Waals surface area contributed by atoms with Crippen LogP contribution in [0.3, 0.4) is 0 Å². The molecule has 0 aromatic heterocycles. The van der Waals surface area contributed by atoms with Gasteiger partial charge in [-0.05, 0) is 83.5 Å². The van der Waals surface area contributed by atoms with Crippen LogP contribution in [0.2, 0.25) is 0 Å². The molecule has 0 radical (unpaired) electrons. The van der Waals surface area contributed by atoms with Crippen molar-refractivity contribution >= 4 is 25.7 Å². The minimum absolute atomic E-state index is 0.0182. The number of hydrogen-bond acceptors (Lipinski definition) is 8. The molecule has 12 heteroatoms. The summed E-state index contributed by atoms with van der Waals surface area (Å²) in [5.74, 6) is -2.55. The van der Waals surface area contributed by atoms with Crippen LogP contribution in [0, 0.1) is 0 Å². The fourth-order valence-corrected chi connectivity index (χ4v) is 5.97. The fourth-order valence-electron chi connectivity index (χ4n) is 5.19. The summed E-state index contributed by atoms with van der Waals surface area (Å²) in [6.45, 7) is 2.31. The molecule has 0 aliphatic heterocycles. The summed E-state index contributed by atoms with van der Waals surface area (Å²) in [6.07, 6.45) is 54.2. The number of carboxylic acids is 1. The number of phosphoric acid groups is 1. The SMILES string of the molecule is CC/C=C\C/C=C\C/C=C\C/C=C\C/C=C\C/C=C\C/C=C\CC(=O)OCC(O)COP(=O)(O)OCC(NC(=O)CCCCCCC/C=C\C/C=C\CCCCC)C(=O)O. The monoisotopic (exact) mass is 858 g/mol. The van der Waals surface area contributed by atoms with Gasteiger partial charge in [0, 0.05) is 6.42 Å². The number of unbranched alkanes of at least 4 members (excludes halogenated alkanes) is 8. The predicted molar refractivity (Wildman–Crippen MR) is 244 cm³/mol. The molecule has 60 heavy (non-hydrogen) atoms. The quantitative estimate of drug-likeness (QED) is 0.0202. The number of aliphatic carboxylic acids is 1. The molecule has 0 aliphatic rings. The molecule has 4 N–H and O–H groups in total. The number of aliphatic hydroxyl groups is 1. The number of carbonyl (C=O) groups is 3. The topological polar surface area (TPSA) is 169 Å². The summed E-state index contributed by atoms with van der Waals surface area (Å²) in [5, 5.41) is 21.8. The maximum absolute atomic E-state index is 12.3. The zero-order chi connectivity index (χ0) is 44.2. The average molecular weight is 858 g/mol. The van der Waals surface area contributed by atoms with Crippen molar-refractivity contribution in [2.45, 2.75) is 154 Å². The molecule has 11 nitrogen and oxygen atoms in total. The fraction of sp³-hybridized carbons (Fsp3) is 0.562. The largest absolute Gasteiger partial charge is 0.480 e. The summed E-state index contributed by atoms with van der Waals surface area (Å²) in [5.41, 5.74) is 0. The number of phosphoric ester groups is 1. The molecule has 338 valence electrons. The summed E-state index contributed by atoms with van der Waals surface area (Å²) in [6, 6.07) is -1.57. The molecular weight excluding hydrogens is 781 g/mol. The van der Waals surface area contributed by atoms with Crippen molar-refractivity contribution in [2.75, 3.05) is 19.8 Å². The number of carbonyl (C=O) groups excluding carboxylic acids is 2. The van der Waals surface area contributed by atoms with Gasteiger partial charge in [-0.2, -0.15) is 0 Å². The van der Waals surface area contributed by atoms with E-state index in [0.29, 0.717) is 12.8 Å². The lowest BCUT2D eigenvalue weighted by molar-refractivity contribution is -0.146. The van der Waals surface area contributed by atoms with Gasteiger partial charge in [0.2, 0.25) is 5.91 Å². The first-order chi connectivity index (χ1) is 29.1. The summed E-state index contributed by atoms with van der Waals surface area (Å²) in [7, 11) is -4.79. The van der Waals surface area contributed by atoms with Crippen molar-refractivity contribution in [3.8, 4) is 0 Å². The number of esters is 1. The van der Waals surface area contributed by atoms with Crippen molar-refractivity contribution in [3.05, 3.63) is 109 Å². The van der Waals surface area contributed by atoms with Crippen molar-refractivity contribution in [3.63, 3.8) is 0 Å². The van der Waals surface area contributed by atoms with Gasteiger partial charge in [-0.1, -0.05) is 155 Å². The molecule has 0 rings (SSSR count). The van der Waals surface area contributed by atoms with Crippen LogP contribution in [0.25, 0.3) is 0 Å². The van der Waals surface area contributed by atoms with Gasteiger partial charge in [-0.15, -0.1) is 0 Å². The van der Waals surface area contributed by atoms with Crippen LogP contribution in [-0.4, -0.2) is 64.9 Å². The van der Waals surface area contributed by atoms with Crippen molar-refractivity contribution in [1.82, 2.24) is 5.32 Å². The molecule has 0 spiro atoms. The number of aliphatic hydroxyl groups excluding tert-OH is 1. The predicted octanol–water partition coefficient (Wildman–Crippen LogP) is 11.4. The molecule has 0 heterocycles. The van der Waals surface area contributed by atoms with Gasteiger partial charge >= 0.3 is 19.8 Å². The molecule has 3 atom stereocenters. The number of nitrogens with one attached hydrogen (secondary N) is 1. The van der Waals surface area contributed by atoms with E-state index in [1.807, 2.05) is 18.2 Å². The Morgan fingerprint density at radius 2 is 1.00 bits per heavy atom. The average Bonchev–Trinajstić information content (AvgIpc) is 3.22. The zero-order valence-corrected chi connectivity index (χ0v) is 37.4. The van der Waals surface area contributed by atoms with E-state index in [0.717, 1.165) is 83.5 Å². The Balaban J connectivity index is 4.07. The third kappa shape index (κ3) is 40.9. The van der Waals surface area contributed by atoms with Crippen LogP contribution >= 0.6 is 7.82 Å². The molecule has 0 saturated heterocycles. The van der Waals surface area contributed by atoms with Crippen LogP contribution in [-0.2, 0) is 32.7 Å². The van der Waals surface area contributed by atoms with E-state index in [4.69, 9.17) is 13.8 Å². The highest BCUT2D eigenvalue weighted by Gasteiger charge is 2.28. The third-order valence-corrected chi connectivity index (χ3v) is 9.53. The summed E-state index contributed by atoms with van der Waals surface area (Å²) in [4.78, 5) is 45.8. The molecule has 0 fully saturated rings. The normalized spacial score (nSPS) is 14.7. The molecule has 1 amide bonds. The Morgan fingerprint density at radius 1 is 0.567 bits per heavy atom. The Morgan fingerprint density at radius 3 is 1.50 bits per heavy atom. The number of amides is 1. The number of ether oxygens (including phenoxy) is 1. The maximum Gasteiger partial charge on any atom is 0.472 e. The first kappa shape index (κ1) is 56.1. The van der Waals surface area contributed by atoms with Gasteiger partial charge in [0.15, 0.2) is 6.04 Å².